The quantitative estimate of drug-likeness (QED) is 0.558. The van der Waals surface area contributed by atoms with Crippen molar-refractivity contribution >= 4 is 15.8 Å². The molecule has 30 heavy (non-hydrogen) atoms. The smallest absolute Gasteiger partial charge is 0.416 e. The number of benzene rings is 2. The Balaban J connectivity index is 1.89. The predicted octanol–water partition coefficient (Wildman–Crippen LogP) is 5.49. The second-order valence-electron chi connectivity index (χ2n) is 7.42. The van der Waals surface area contributed by atoms with Crippen molar-refractivity contribution in [3.05, 3.63) is 65.7 Å². The molecule has 1 fully saturated rings. The monoisotopic (exact) mass is 440 g/mol. The van der Waals surface area contributed by atoms with Gasteiger partial charge in [0.25, 0.3) is 0 Å². The van der Waals surface area contributed by atoms with E-state index >= 15 is 0 Å². The van der Waals surface area contributed by atoms with Crippen LogP contribution < -0.4 is 0 Å². The first kappa shape index (κ1) is 22.3. The first-order valence-corrected chi connectivity index (χ1v) is 11.4. The fourth-order valence-electron chi connectivity index (χ4n) is 3.64. The molecular weight excluding hydrogens is 417 g/mol. The molecule has 4 nitrogen and oxygen atoms in total. The molecule has 1 unspecified atom stereocenters. The number of hydrogen-bond acceptors (Lipinski definition) is 4. The van der Waals surface area contributed by atoms with Crippen molar-refractivity contribution in [1.29, 1.82) is 0 Å². The number of halogens is 3. The van der Waals surface area contributed by atoms with Gasteiger partial charge in [-0.3, -0.25) is 4.79 Å². The maximum atomic E-state index is 13.2. The lowest BCUT2D eigenvalue weighted by Crippen LogP contribution is -2.24. The van der Waals surface area contributed by atoms with Crippen molar-refractivity contribution in [2.24, 2.45) is 0 Å². The van der Waals surface area contributed by atoms with Crippen molar-refractivity contribution in [2.75, 3.05) is 0 Å². The summed E-state index contributed by atoms with van der Waals surface area (Å²) in [6, 6.07) is 11.4. The van der Waals surface area contributed by atoms with Gasteiger partial charge in [-0.05, 0) is 55.5 Å². The Morgan fingerprint density at radius 1 is 0.967 bits per heavy atom. The Bertz CT molecular complexity index is 948. The third kappa shape index (κ3) is 5.41. The van der Waals surface area contributed by atoms with Crippen molar-refractivity contribution in [1.82, 2.24) is 0 Å². The van der Waals surface area contributed by atoms with Crippen molar-refractivity contribution < 1.29 is 31.1 Å². The van der Waals surface area contributed by atoms with E-state index in [0.717, 1.165) is 56.4 Å². The van der Waals surface area contributed by atoms with Crippen LogP contribution in [-0.4, -0.2) is 20.5 Å². The Morgan fingerprint density at radius 3 is 2.13 bits per heavy atom. The third-order valence-corrected chi connectivity index (χ3v) is 7.38. The highest BCUT2D eigenvalue weighted by molar-refractivity contribution is 7.91. The van der Waals surface area contributed by atoms with Crippen LogP contribution >= 0.6 is 0 Å². The fourth-order valence-corrected chi connectivity index (χ4v) is 5.37. The molecule has 1 aliphatic carbocycles. The Labute approximate surface area is 174 Å². The van der Waals surface area contributed by atoms with Crippen LogP contribution in [-0.2, 0) is 25.5 Å². The van der Waals surface area contributed by atoms with Crippen LogP contribution in [0.2, 0.25) is 0 Å². The van der Waals surface area contributed by atoms with Gasteiger partial charge in [-0.1, -0.05) is 36.8 Å². The van der Waals surface area contributed by atoms with E-state index < -0.39 is 39.2 Å². The Hall–Kier alpha value is -2.35. The average Bonchev–Trinajstić information content (AvgIpc) is 2.73. The molecule has 162 valence electrons. The van der Waals surface area contributed by atoms with Crippen molar-refractivity contribution in [2.45, 2.75) is 61.0 Å². The molecule has 3 rings (SSSR count). The molecule has 0 spiro atoms. The lowest BCUT2D eigenvalue weighted by atomic mass is 9.98. The van der Waals surface area contributed by atoms with Crippen molar-refractivity contribution in [3.63, 3.8) is 0 Å². The maximum absolute atomic E-state index is 13.2. The molecule has 1 aliphatic rings. The number of alkyl halides is 3. The van der Waals surface area contributed by atoms with E-state index in [1.807, 2.05) is 0 Å². The fraction of sp³-hybridized carbons (Fsp3) is 0.409. The van der Waals surface area contributed by atoms with Crippen LogP contribution in [0.1, 0.15) is 54.9 Å². The molecule has 2 aromatic rings. The van der Waals surface area contributed by atoms with Crippen LogP contribution in [0.25, 0.3) is 0 Å². The van der Waals surface area contributed by atoms with Gasteiger partial charge in [-0.2, -0.15) is 13.2 Å². The number of rotatable bonds is 6. The largest absolute Gasteiger partial charge is 0.462 e. The Kier molecular flexibility index (Phi) is 6.85. The van der Waals surface area contributed by atoms with E-state index in [2.05, 4.69) is 0 Å². The van der Waals surface area contributed by atoms with E-state index in [-0.39, 0.29) is 16.6 Å². The molecule has 2 aromatic carbocycles. The zero-order valence-corrected chi connectivity index (χ0v) is 17.1. The first-order valence-electron chi connectivity index (χ1n) is 9.83. The summed E-state index contributed by atoms with van der Waals surface area (Å²) in [5.74, 6) is -0.661. The summed E-state index contributed by atoms with van der Waals surface area (Å²) in [5, 5.41) is -1.33. The lowest BCUT2D eigenvalue weighted by molar-refractivity contribution is -0.150. The van der Waals surface area contributed by atoms with E-state index in [1.54, 1.807) is 18.2 Å². The summed E-state index contributed by atoms with van der Waals surface area (Å²) in [6.45, 7) is 0. The number of carbonyl (C=O) groups is 1. The molecule has 0 aromatic heterocycles. The molecule has 1 atom stereocenters. The maximum Gasteiger partial charge on any atom is 0.416 e. The molecule has 1 saturated carbocycles. The van der Waals surface area contributed by atoms with Gasteiger partial charge in [0, 0.05) is 0 Å². The minimum Gasteiger partial charge on any atom is -0.462 e. The molecular formula is C22H23F3O4S. The standard InChI is InChI=1S/C22H23F3O4S/c23-22(24,25)17-13-11-16(12-14-17)20(30(27,28)19-9-5-2-6-10-19)15-21(26)29-18-7-3-1-4-8-18/h2,5-6,9-14,18,20H,1,3-4,7-8,15H2. The average molecular weight is 440 g/mol. The highest BCUT2D eigenvalue weighted by Gasteiger charge is 2.34. The van der Waals surface area contributed by atoms with Gasteiger partial charge in [-0.15, -0.1) is 0 Å². The molecule has 8 heteroatoms. The summed E-state index contributed by atoms with van der Waals surface area (Å²) in [5.41, 5.74) is -0.765. The van der Waals surface area contributed by atoms with Gasteiger partial charge in [0.05, 0.1) is 16.9 Å². The second kappa shape index (κ2) is 9.20. The van der Waals surface area contributed by atoms with Gasteiger partial charge in [0.2, 0.25) is 0 Å². The summed E-state index contributed by atoms with van der Waals surface area (Å²) in [4.78, 5) is 12.5. The molecule has 0 radical (unpaired) electrons. The second-order valence-corrected chi connectivity index (χ2v) is 9.55. The molecule has 0 aliphatic heterocycles. The highest BCUT2D eigenvalue weighted by atomic mass is 32.2. The summed E-state index contributed by atoms with van der Waals surface area (Å²) >= 11 is 0. The minimum absolute atomic E-state index is 0.000337. The van der Waals surface area contributed by atoms with Gasteiger partial charge in [0.15, 0.2) is 9.84 Å². The van der Waals surface area contributed by atoms with Crippen LogP contribution in [0, 0.1) is 0 Å². The van der Waals surface area contributed by atoms with E-state index in [9.17, 15) is 26.4 Å². The van der Waals surface area contributed by atoms with Gasteiger partial charge in [-0.25, -0.2) is 8.42 Å². The minimum atomic E-state index is -4.54. The zero-order chi connectivity index (χ0) is 21.8. The number of sulfone groups is 1. The van der Waals surface area contributed by atoms with E-state index in [0.29, 0.717) is 0 Å². The SMILES string of the molecule is O=C(CC(c1ccc(C(F)(F)F)cc1)S(=O)(=O)c1ccccc1)OC1CCCCC1. The van der Waals surface area contributed by atoms with Crippen LogP contribution in [0.3, 0.4) is 0 Å². The van der Waals surface area contributed by atoms with E-state index in [4.69, 9.17) is 4.74 Å². The molecule has 0 bridgehead atoms. The number of esters is 1. The van der Waals surface area contributed by atoms with Crippen LogP contribution in [0.4, 0.5) is 13.2 Å². The predicted molar refractivity (Wildman–Crippen MR) is 105 cm³/mol. The number of carbonyl (C=O) groups excluding carboxylic acids is 1. The Morgan fingerprint density at radius 2 is 1.57 bits per heavy atom. The first-order chi connectivity index (χ1) is 14.2. The van der Waals surface area contributed by atoms with Crippen LogP contribution in [0.5, 0.6) is 0 Å². The van der Waals surface area contributed by atoms with Crippen LogP contribution in [0.15, 0.2) is 59.5 Å². The lowest BCUT2D eigenvalue weighted by Gasteiger charge is -2.24. The zero-order valence-electron chi connectivity index (χ0n) is 16.3. The number of ether oxygens (including phenoxy) is 1. The summed E-state index contributed by atoms with van der Waals surface area (Å²) in [6.07, 6.45) is -0.787. The van der Waals surface area contributed by atoms with E-state index in [1.165, 1.54) is 12.1 Å². The number of hydrogen-bond donors (Lipinski definition) is 0. The highest BCUT2D eigenvalue weighted by Crippen LogP contribution is 2.35. The van der Waals surface area contributed by atoms with Crippen molar-refractivity contribution in [3.8, 4) is 0 Å². The summed E-state index contributed by atoms with van der Waals surface area (Å²) < 4.78 is 70.6. The van der Waals surface area contributed by atoms with Gasteiger partial charge < -0.3 is 4.74 Å². The summed E-state index contributed by atoms with van der Waals surface area (Å²) in [7, 11) is -4.02. The third-order valence-electron chi connectivity index (χ3n) is 5.26. The molecule has 0 amide bonds. The van der Waals surface area contributed by atoms with Gasteiger partial charge >= 0.3 is 12.1 Å². The molecule has 0 heterocycles. The normalized spacial score (nSPS) is 16.8. The van der Waals surface area contributed by atoms with Gasteiger partial charge in [0.1, 0.15) is 11.4 Å². The molecule has 0 saturated heterocycles. The molecule has 0 N–H and O–H groups in total. The topological polar surface area (TPSA) is 60.4 Å².